The minimum absolute atomic E-state index is 0.0213. The second-order valence-corrected chi connectivity index (χ2v) is 4.26. The highest BCUT2D eigenvalue weighted by molar-refractivity contribution is 7.17. The first-order chi connectivity index (χ1) is 6.09. The van der Waals surface area contributed by atoms with Gasteiger partial charge in [-0.2, -0.15) is 0 Å². The number of carbonyl (C=O) groups is 1. The van der Waals surface area contributed by atoms with Crippen LogP contribution in [0.3, 0.4) is 0 Å². The van der Waals surface area contributed by atoms with E-state index in [1.807, 2.05) is 11.3 Å². The van der Waals surface area contributed by atoms with Crippen LogP contribution in [0.4, 0.5) is 0 Å². The summed E-state index contributed by atoms with van der Waals surface area (Å²) in [6.45, 7) is 5.63. The summed E-state index contributed by atoms with van der Waals surface area (Å²) in [5, 5.41) is 0. The Morgan fingerprint density at radius 3 is 2.77 bits per heavy atom. The van der Waals surface area contributed by atoms with Crippen LogP contribution in [0.15, 0.2) is 6.20 Å². The number of aryl methyl sites for hydroxylation is 2. The van der Waals surface area contributed by atoms with Crippen LogP contribution in [-0.4, -0.2) is 15.2 Å². The van der Waals surface area contributed by atoms with Gasteiger partial charge in [0.25, 0.3) is 0 Å². The molecule has 0 atom stereocenters. The van der Waals surface area contributed by atoms with Crippen molar-refractivity contribution in [2.45, 2.75) is 20.8 Å². The molecule has 0 aromatic carbocycles. The van der Waals surface area contributed by atoms with Gasteiger partial charge in [0.2, 0.25) is 0 Å². The molecule has 0 unspecified atom stereocenters. The van der Waals surface area contributed by atoms with Gasteiger partial charge in [-0.25, -0.2) is 4.98 Å². The van der Waals surface area contributed by atoms with E-state index >= 15 is 0 Å². The maximum absolute atomic E-state index is 11.0. The van der Waals surface area contributed by atoms with Crippen LogP contribution in [0, 0.1) is 13.8 Å². The number of ketones is 1. The second-order valence-electron chi connectivity index (χ2n) is 3.08. The highest BCUT2D eigenvalue weighted by Gasteiger charge is 2.10. The van der Waals surface area contributed by atoms with Crippen molar-refractivity contribution in [3.8, 4) is 0 Å². The maximum Gasteiger partial charge on any atom is 0.194 e. The average molecular weight is 194 g/mol. The van der Waals surface area contributed by atoms with Gasteiger partial charge in [-0.3, -0.25) is 9.20 Å². The molecule has 0 saturated carbocycles. The average Bonchev–Trinajstić information content (AvgIpc) is 2.55. The number of carbonyl (C=O) groups excluding carboxylic acids is 1. The SMILES string of the molecule is CC(=O)c1cn2c(C)c(C)sc2n1. The van der Waals surface area contributed by atoms with Gasteiger partial charge in [0.1, 0.15) is 5.69 Å². The molecule has 2 aromatic heterocycles. The third-order valence-corrected chi connectivity index (χ3v) is 3.22. The first-order valence-corrected chi connectivity index (χ1v) is 4.87. The number of thiazole rings is 1. The largest absolute Gasteiger partial charge is 0.294 e. The quantitative estimate of drug-likeness (QED) is 0.652. The molecule has 68 valence electrons. The summed E-state index contributed by atoms with van der Waals surface area (Å²) < 4.78 is 1.97. The number of hydrogen-bond acceptors (Lipinski definition) is 3. The van der Waals surface area contributed by atoms with Gasteiger partial charge in [-0.05, 0) is 13.8 Å². The smallest absolute Gasteiger partial charge is 0.194 e. The van der Waals surface area contributed by atoms with Gasteiger partial charge in [0.15, 0.2) is 10.7 Å². The lowest BCUT2D eigenvalue weighted by Gasteiger charge is -1.88. The summed E-state index contributed by atoms with van der Waals surface area (Å²) in [4.78, 5) is 17.4. The zero-order valence-corrected chi connectivity index (χ0v) is 8.60. The summed E-state index contributed by atoms with van der Waals surface area (Å²) in [6, 6.07) is 0. The van der Waals surface area contributed by atoms with Crippen LogP contribution in [0.25, 0.3) is 4.96 Å². The molecule has 0 fully saturated rings. The van der Waals surface area contributed by atoms with Crippen LogP contribution in [0.1, 0.15) is 28.0 Å². The molecule has 0 aliphatic rings. The summed E-state index contributed by atoms with van der Waals surface area (Å²) in [5.41, 5.74) is 1.72. The molecule has 2 aromatic rings. The van der Waals surface area contributed by atoms with Crippen molar-refractivity contribution < 1.29 is 4.79 Å². The minimum Gasteiger partial charge on any atom is -0.294 e. The Morgan fingerprint density at radius 2 is 2.23 bits per heavy atom. The molecule has 0 bridgehead atoms. The zero-order valence-electron chi connectivity index (χ0n) is 7.79. The number of hydrogen-bond donors (Lipinski definition) is 0. The predicted molar refractivity (Wildman–Crippen MR) is 52.5 cm³/mol. The maximum atomic E-state index is 11.0. The Balaban J connectivity index is 2.72. The molecule has 0 aliphatic heterocycles. The Labute approximate surface area is 80.0 Å². The Hall–Kier alpha value is -1.16. The predicted octanol–water partition coefficient (Wildman–Crippen LogP) is 2.22. The van der Waals surface area contributed by atoms with E-state index < -0.39 is 0 Å². The monoisotopic (exact) mass is 194 g/mol. The summed E-state index contributed by atoms with van der Waals surface area (Å²) >= 11 is 1.62. The second kappa shape index (κ2) is 2.67. The lowest BCUT2D eigenvalue weighted by atomic mass is 10.3. The number of nitrogens with zero attached hydrogens (tertiary/aromatic N) is 2. The van der Waals surface area contributed by atoms with Crippen molar-refractivity contribution in [3.05, 3.63) is 22.5 Å². The molecule has 0 radical (unpaired) electrons. The summed E-state index contributed by atoms with van der Waals surface area (Å²) in [6.07, 6.45) is 1.80. The van der Waals surface area contributed by atoms with Crippen LogP contribution in [0.5, 0.6) is 0 Å². The Morgan fingerprint density at radius 1 is 1.54 bits per heavy atom. The van der Waals surface area contributed by atoms with Crippen LogP contribution in [-0.2, 0) is 0 Å². The molecular weight excluding hydrogens is 184 g/mol. The van der Waals surface area contributed by atoms with E-state index in [-0.39, 0.29) is 5.78 Å². The fourth-order valence-corrected chi connectivity index (χ4v) is 2.18. The van der Waals surface area contributed by atoms with Crippen molar-refractivity contribution in [2.24, 2.45) is 0 Å². The Kier molecular flexibility index (Phi) is 1.73. The van der Waals surface area contributed by atoms with Gasteiger partial charge in [0.05, 0.1) is 0 Å². The molecule has 3 nitrogen and oxygen atoms in total. The van der Waals surface area contributed by atoms with Gasteiger partial charge >= 0.3 is 0 Å². The van der Waals surface area contributed by atoms with E-state index in [0.29, 0.717) is 5.69 Å². The van der Waals surface area contributed by atoms with E-state index in [0.717, 1.165) is 4.96 Å². The molecule has 4 heteroatoms. The fraction of sp³-hybridized carbons (Fsp3) is 0.333. The third kappa shape index (κ3) is 1.18. The molecule has 0 N–H and O–H groups in total. The molecule has 0 spiro atoms. The lowest BCUT2D eigenvalue weighted by molar-refractivity contribution is 0.101. The molecule has 0 aliphatic carbocycles. The summed E-state index contributed by atoms with van der Waals surface area (Å²) in [7, 11) is 0. The summed E-state index contributed by atoms with van der Waals surface area (Å²) in [5.74, 6) is 0.0213. The lowest BCUT2D eigenvalue weighted by Crippen LogP contribution is -1.91. The van der Waals surface area contributed by atoms with Crippen molar-refractivity contribution in [3.63, 3.8) is 0 Å². The molecule has 0 amide bonds. The highest BCUT2D eigenvalue weighted by atomic mass is 32.1. The fourth-order valence-electron chi connectivity index (χ4n) is 1.23. The minimum atomic E-state index is 0.0213. The molecule has 2 rings (SSSR count). The number of fused-ring (bicyclic) bond motifs is 1. The number of imidazole rings is 1. The normalized spacial score (nSPS) is 11.0. The van der Waals surface area contributed by atoms with Gasteiger partial charge < -0.3 is 0 Å². The van der Waals surface area contributed by atoms with Crippen LogP contribution < -0.4 is 0 Å². The van der Waals surface area contributed by atoms with Crippen LogP contribution in [0.2, 0.25) is 0 Å². The van der Waals surface area contributed by atoms with Gasteiger partial charge in [0, 0.05) is 23.7 Å². The first kappa shape index (κ1) is 8.44. The standard InChI is InChI=1S/C9H10N2OS/c1-5-7(3)13-9-10-8(6(2)12)4-11(5)9/h4H,1-3H3. The van der Waals surface area contributed by atoms with Crippen LogP contribution >= 0.6 is 11.3 Å². The molecule has 2 heterocycles. The van der Waals surface area contributed by atoms with E-state index in [1.54, 1.807) is 17.5 Å². The topological polar surface area (TPSA) is 34.4 Å². The van der Waals surface area contributed by atoms with Gasteiger partial charge in [-0.1, -0.05) is 0 Å². The molecule has 13 heavy (non-hydrogen) atoms. The van der Waals surface area contributed by atoms with Crippen molar-refractivity contribution in [2.75, 3.05) is 0 Å². The zero-order chi connectivity index (χ0) is 9.59. The van der Waals surface area contributed by atoms with E-state index in [1.165, 1.54) is 17.5 Å². The Bertz CT molecular complexity index is 481. The van der Waals surface area contributed by atoms with Crippen molar-refractivity contribution in [1.29, 1.82) is 0 Å². The number of aromatic nitrogens is 2. The first-order valence-electron chi connectivity index (χ1n) is 4.05. The van der Waals surface area contributed by atoms with E-state index in [9.17, 15) is 4.79 Å². The van der Waals surface area contributed by atoms with E-state index in [4.69, 9.17) is 0 Å². The number of Topliss-reactive ketones (excluding diaryl/α,β-unsaturated/α-hetero) is 1. The third-order valence-electron chi connectivity index (χ3n) is 2.15. The molecule has 0 saturated heterocycles. The van der Waals surface area contributed by atoms with Crippen molar-refractivity contribution >= 4 is 22.1 Å². The number of rotatable bonds is 1. The van der Waals surface area contributed by atoms with Crippen molar-refractivity contribution in [1.82, 2.24) is 9.38 Å². The van der Waals surface area contributed by atoms with E-state index in [2.05, 4.69) is 11.9 Å². The highest BCUT2D eigenvalue weighted by Crippen LogP contribution is 2.21. The molecular formula is C9H10N2OS. The van der Waals surface area contributed by atoms with Gasteiger partial charge in [-0.15, -0.1) is 11.3 Å².